The predicted octanol–water partition coefficient (Wildman–Crippen LogP) is 3.59. The van der Waals surface area contributed by atoms with Gasteiger partial charge in [-0.25, -0.2) is 0 Å². The van der Waals surface area contributed by atoms with Gasteiger partial charge < -0.3 is 0 Å². The summed E-state index contributed by atoms with van der Waals surface area (Å²) in [6.45, 7) is 1.84. The first kappa shape index (κ1) is 12.9. The number of benzene rings is 1. The van der Waals surface area contributed by atoms with Crippen molar-refractivity contribution in [3.8, 4) is 0 Å². The van der Waals surface area contributed by atoms with E-state index in [4.69, 9.17) is 0 Å². The molecule has 1 saturated carbocycles. The fourth-order valence-electron chi connectivity index (χ4n) is 2.50. The molecule has 1 aromatic rings. The fraction of sp³-hybridized carbons (Fsp3) is 0.533. The minimum absolute atomic E-state index is 0.00589. The lowest BCUT2D eigenvalue weighted by Crippen LogP contribution is -2.28. The number of hydrogen-bond acceptors (Lipinski definition) is 2. The smallest absolute Gasteiger partial charge is 0.238 e. The van der Waals surface area contributed by atoms with Crippen LogP contribution in [-0.4, -0.2) is 5.91 Å². The molecule has 3 heteroatoms. The average molecular weight is 246 g/mol. The molecule has 0 saturated heterocycles. The van der Waals surface area contributed by atoms with Gasteiger partial charge in [-0.1, -0.05) is 38.3 Å². The Morgan fingerprint density at radius 2 is 1.83 bits per heavy atom. The van der Waals surface area contributed by atoms with Crippen LogP contribution in [0.1, 0.15) is 56.9 Å². The van der Waals surface area contributed by atoms with Gasteiger partial charge in [0.15, 0.2) is 0 Å². The summed E-state index contributed by atoms with van der Waals surface area (Å²) < 4.78 is 0. The average Bonchev–Trinajstić information content (AvgIpc) is 2.46. The molecule has 98 valence electrons. The number of hydrogen-bond donors (Lipinski definition) is 2. The summed E-state index contributed by atoms with van der Waals surface area (Å²) in [5.41, 5.74) is 7.96. The molecule has 0 atom stereocenters. The predicted molar refractivity (Wildman–Crippen MR) is 74.3 cm³/mol. The summed E-state index contributed by atoms with van der Waals surface area (Å²) in [6.07, 6.45) is 7.24. The molecular formula is C15H22N2O. The second-order valence-electron chi connectivity index (χ2n) is 4.98. The number of amides is 1. The van der Waals surface area contributed by atoms with Crippen molar-refractivity contribution < 1.29 is 4.79 Å². The molecule has 0 radical (unpaired) electrons. The van der Waals surface area contributed by atoms with Gasteiger partial charge in [0.2, 0.25) is 5.91 Å². The third-order valence-corrected chi connectivity index (χ3v) is 3.65. The van der Waals surface area contributed by atoms with Gasteiger partial charge in [0.25, 0.3) is 0 Å². The first-order valence-electron chi connectivity index (χ1n) is 6.94. The Labute approximate surface area is 109 Å². The molecule has 1 fully saturated rings. The highest BCUT2D eigenvalue weighted by Gasteiger charge is 2.14. The van der Waals surface area contributed by atoms with E-state index in [0.717, 1.165) is 11.6 Å². The van der Waals surface area contributed by atoms with Crippen LogP contribution in [0.15, 0.2) is 24.3 Å². The van der Waals surface area contributed by atoms with Crippen LogP contribution in [0.5, 0.6) is 0 Å². The van der Waals surface area contributed by atoms with E-state index in [2.05, 4.69) is 23.0 Å². The van der Waals surface area contributed by atoms with Crippen LogP contribution in [0.25, 0.3) is 0 Å². The minimum Gasteiger partial charge on any atom is -0.299 e. The lowest BCUT2D eigenvalue weighted by atomic mass is 9.84. The quantitative estimate of drug-likeness (QED) is 0.797. The highest BCUT2D eigenvalue weighted by atomic mass is 16.2. The first-order chi connectivity index (χ1) is 8.79. The minimum atomic E-state index is 0.00589. The van der Waals surface area contributed by atoms with Gasteiger partial charge in [0, 0.05) is 6.42 Å². The maximum Gasteiger partial charge on any atom is 0.238 e. The van der Waals surface area contributed by atoms with E-state index in [9.17, 15) is 4.79 Å². The Balaban J connectivity index is 1.90. The Morgan fingerprint density at radius 3 is 2.44 bits per heavy atom. The van der Waals surface area contributed by atoms with Gasteiger partial charge in [0.1, 0.15) is 0 Å². The number of rotatable bonds is 4. The molecule has 2 N–H and O–H groups in total. The number of anilines is 1. The van der Waals surface area contributed by atoms with Gasteiger partial charge in [-0.2, -0.15) is 0 Å². The molecule has 0 unspecified atom stereocenters. The Bertz CT molecular complexity index is 380. The third-order valence-electron chi connectivity index (χ3n) is 3.65. The molecule has 0 heterocycles. The van der Waals surface area contributed by atoms with Gasteiger partial charge in [-0.05, 0) is 36.5 Å². The van der Waals surface area contributed by atoms with E-state index in [0.29, 0.717) is 6.42 Å². The van der Waals surface area contributed by atoms with Crippen molar-refractivity contribution in [1.82, 2.24) is 5.43 Å². The molecular weight excluding hydrogens is 224 g/mol. The summed E-state index contributed by atoms with van der Waals surface area (Å²) in [6, 6.07) is 8.44. The van der Waals surface area contributed by atoms with Crippen LogP contribution < -0.4 is 10.9 Å². The molecule has 1 aliphatic rings. The number of carbonyl (C=O) groups excluding carboxylic acids is 1. The van der Waals surface area contributed by atoms with Gasteiger partial charge in [-0.15, -0.1) is 0 Å². The van der Waals surface area contributed by atoms with Crippen LogP contribution in [0.3, 0.4) is 0 Å². The molecule has 0 bridgehead atoms. The molecule has 1 aliphatic carbocycles. The zero-order valence-electron chi connectivity index (χ0n) is 11.0. The number of hydrazine groups is 1. The summed E-state index contributed by atoms with van der Waals surface area (Å²) in [4.78, 5) is 11.1. The van der Waals surface area contributed by atoms with Crippen molar-refractivity contribution in [1.29, 1.82) is 0 Å². The topological polar surface area (TPSA) is 41.1 Å². The first-order valence-corrected chi connectivity index (χ1v) is 6.94. The van der Waals surface area contributed by atoms with E-state index >= 15 is 0 Å². The largest absolute Gasteiger partial charge is 0.299 e. The highest BCUT2D eigenvalue weighted by Crippen LogP contribution is 2.32. The molecule has 2 rings (SSSR count). The lowest BCUT2D eigenvalue weighted by Gasteiger charge is -2.22. The van der Waals surface area contributed by atoms with Crippen LogP contribution in [-0.2, 0) is 4.79 Å². The Morgan fingerprint density at radius 1 is 1.17 bits per heavy atom. The molecule has 0 spiro atoms. The zero-order valence-corrected chi connectivity index (χ0v) is 11.0. The zero-order chi connectivity index (χ0) is 12.8. The van der Waals surface area contributed by atoms with E-state index in [1.165, 1.54) is 37.7 Å². The Hall–Kier alpha value is -1.51. The van der Waals surface area contributed by atoms with Gasteiger partial charge in [-0.3, -0.25) is 15.6 Å². The maximum atomic E-state index is 11.1. The molecule has 0 aliphatic heterocycles. The van der Waals surface area contributed by atoms with Crippen LogP contribution in [0.4, 0.5) is 5.69 Å². The second-order valence-corrected chi connectivity index (χ2v) is 4.98. The number of carbonyl (C=O) groups is 1. The second kappa shape index (κ2) is 6.43. The fourth-order valence-corrected chi connectivity index (χ4v) is 2.50. The maximum absolute atomic E-state index is 11.1. The van der Waals surface area contributed by atoms with Gasteiger partial charge >= 0.3 is 0 Å². The van der Waals surface area contributed by atoms with Crippen molar-refractivity contribution >= 4 is 11.6 Å². The monoisotopic (exact) mass is 246 g/mol. The summed E-state index contributed by atoms with van der Waals surface area (Å²) >= 11 is 0. The standard InChI is InChI=1S/C15H22N2O/c1-2-15(18)17-16-14-10-8-13(9-11-14)12-6-4-3-5-7-12/h8-12,16H,2-7H2,1H3,(H,17,18). The third kappa shape index (κ3) is 3.49. The van der Waals surface area contributed by atoms with E-state index in [-0.39, 0.29) is 5.91 Å². The van der Waals surface area contributed by atoms with E-state index in [1.54, 1.807) is 0 Å². The van der Waals surface area contributed by atoms with Crippen molar-refractivity contribution in [2.24, 2.45) is 0 Å². The van der Waals surface area contributed by atoms with E-state index in [1.807, 2.05) is 19.1 Å². The van der Waals surface area contributed by atoms with E-state index < -0.39 is 0 Å². The molecule has 18 heavy (non-hydrogen) atoms. The van der Waals surface area contributed by atoms with Crippen LogP contribution in [0, 0.1) is 0 Å². The number of nitrogens with one attached hydrogen (secondary N) is 2. The Kier molecular flexibility index (Phi) is 4.62. The summed E-state index contributed by atoms with van der Waals surface area (Å²) in [5.74, 6) is 0.740. The van der Waals surface area contributed by atoms with Crippen molar-refractivity contribution in [3.63, 3.8) is 0 Å². The van der Waals surface area contributed by atoms with Gasteiger partial charge in [0.05, 0.1) is 5.69 Å². The van der Waals surface area contributed by atoms with Crippen molar-refractivity contribution in [3.05, 3.63) is 29.8 Å². The highest BCUT2D eigenvalue weighted by molar-refractivity contribution is 5.76. The SMILES string of the molecule is CCC(=O)NNc1ccc(C2CCCCC2)cc1. The van der Waals surface area contributed by atoms with Crippen LogP contribution >= 0.6 is 0 Å². The van der Waals surface area contributed by atoms with Crippen molar-refractivity contribution in [2.75, 3.05) is 5.43 Å². The van der Waals surface area contributed by atoms with Crippen LogP contribution in [0.2, 0.25) is 0 Å². The molecule has 3 nitrogen and oxygen atoms in total. The summed E-state index contributed by atoms with van der Waals surface area (Å²) in [5, 5.41) is 0. The molecule has 1 aromatic carbocycles. The van der Waals surface area contributed by atoms with Crippen molar-refractivity contribution in [2.45, 2.75) is 51.4 Å². The normalized spacial score (nSPS) is 16.3. The molecule has 1 amide bonds. The summed E-state index contributed by atoms with van der Waals surface area (Å²) in [7, 11) is 0. The lowest BCUT2D eigenvalue weighted by molar-refractivity contribution is -0.120. The molecule has 0 aromatic heterocycles.